The summed E-state index contributed by atoms with van der Waals surface area (Å²) < 4.78 is 56.8. The van der Waals surface area contributed by atoms with Crippen molar-refractivity contribution >= 4 is 10.0 Å². The molecular formula is C10H17F2NO3S. The first-order chi connectivity index (χ1) is 7.92. The van der Waals surface area contributed by atoms with Crippen molar-refractivity contribution < 1.29 is 21.9 Å². The summed E-state index contributed by atoms with van der Waals surface area (Å²) in [6.45, 7) is 1.47. The Morgan fingerprint density at radius 1 is 1.12 bits per heavy atom. The summed E-state index contributed by atoms with van der Waals surface area (Å²) in [5, 5.41) is -0.639. The quantitative estimate of drug-likeness (QED) is 0.757. The minimum Gasteiger partial charge on any atom is -0.379 e. The first-order valence-corrected chi connectivity index (χ1v) is 7.37. The molecule has 0 spiro atoms. The zero-order valence-electron chi connectivity index (χ0n) is 9.57. The van der Waals surface area contributed by atoms with Gasteiger partial charge in [-0.2, -0.15) is 4.31 Å². The fourth-order valence-electron chi connectivity index (χ4n) is 2.32. The lowest BCUT2D eigenvalue weighted by Gasteiger charge is -2.33. The number of morpholine rings is 1. The van der Waals surface area contributed by atoms with Crippen LogP contribution in [0, 0.1) is 0 Å². The molecule has 0 bridgehead atoms. The zero-order valence-corrected chi connectivity index (χ0v) is 10.4. The van der Waals surface area contributed by atoms with Crippen molar-refractivity contribution in [3.63, 3.8) is 0 Å². The molecule has 1 aliphatic carbocycles. The molecular weight excluding hydrogens is 252 g/mol. The topological polar surface area (TPSA) is 46.6 Å². The average molecular weight is 269 g/mol. The van der Waals surface area contributed by atoms with Crippen molar-refractivity contribution in [3.05, 3.63) is 0 Å². The molecule has 0 amide bonds. The molecule has 17 heavy (non-hydrogen) atoms. The van der Waals surface area contributed by atoms with Crippen molar-refractivity contribution in [1.82, 2.24) is 4.31 Å². The summed E-state index contributed by atoms with van der Waals surface area (Å²) in [5.74, 6) is -2.68. The fraction of sp³-hybridized carbons (Fsp3) is 1.00. The molecule has 1 aliphatic heterocycles. The molecule has 0 N–H and O–H groups in total. The van der Waals surface area contributed by atoms with E-state index in [4.69, 9.17) is 4.74 Å². The van der Waals surface area contributed by atoms with E-state index in [1.165, 1.54) is 4.31 Å². The summed E-state index contributed by atoms with van der Waals surface area (Å²) in [6, 6.07) is 0. The molecule has 0 aromatic carbocycles. The third-order valence-corrected chi connectivity index (χ3v) is 5.81. The molecule has 0 aromatic heterocycles. The summed E-state index contributed by atoms with van der Waals surface area (Å²) in [4.78, 5) is 0. The second-order valence-corrected chi connectivity index (χ2v) is 6.82. The minimum absolute atomic E-state index is 0.0622. The fourth-order valence-corrected chi connectivity index (χ4v) is 4.23. The number of ether oxygens (including phenoxy) is 1. The van der Waals surface area contributed by atoms with Gasteiger partial charge in [0.05, 0.1) is 18.5 Å². The molecule has 100 valence electrons. The van der Waals surface area contributed by atoms with E-state index in [2.05, 4.69) is 0 Å². The molecule has 1 heterocycles. The maximum Gasteiger partial charge on any atom is 0.248 e. The smallest absolute Gasteiger partial charge is 0.248 e. The van der Waals surface area contributed by atoms with Gasteiger partial charge >= 0.3 is 0 Å². The molecule has 0 radical (unpaired) electrons. The van der Waals surface area contributed by atoms with Gasteiger partial charge < -0.3 is 4.74 Å². The van der Waals surface area contributed by atoms with Crippen molar-refractivity contribution in [2.24, 2.45) is 0 Å². The minimum atomic E-state index is -3.42. The van der Waals surface area contributed by atoms with Gasteiger partial charge in [-0.25, -0.2) is 17.2 Å². The highest BCUT2D eigenvalue weighted by atomic mass is 32.2. The summed E-state index contributed by atoms with van der Waals surface area (Å²) in [7, 11) is -3.42. The highest BCUT2D eigenvalue weighted by molar-refractivity contribution is 7.89. The van der Waals surface area contributed by atoms with Crippen LogP contribution in [-0.2, 0) is 14.8 Å². The highest BCUT2D eigenvalue weighted by Crippen LogP contribution is 2.36. The maximum absolute atomic E-state index is 13.0. The van der Waals surface area contributed by atoms with E-state index in [0.717, 1.165) is 0 Å². The first kappa shape index (κ1) is 13.2. The van der Waals surface area contributed by atoms with Crippen LogP contribution < -0.4 is 0 Å². The lowest BCUT2D eigenvalue weighted by Crippen LogP contribution is -2.46. The number of hydrogen-bond acceptors (Lipinski definition) is 3. The van der Waals surface area contributed by atoms with E-state index < -0.39 is 21.2 Å². The molecule has 2 fully saturated rings. The third kappa shape index (κ3) is 2.95. The molecule has 1 saturated heterocycles. The predicted octanol–water partition coefficient (Wildman–Crippen LogP) is 1.23. The molecule has 4 nitrogen and oxygen atoms in total. The third-order valence-electron chi connectivity index (χ3n) is 3.42. The SMILES string of the molecule is O=S(=O)(C1CCC(F)(F)CC1)N1CCOCC1. The Balaban J connectivity index is 2.01. The van der Waals surface area contributed by atoms with Crippen LogP contribution in [0.1, 0.15) is 25.7 Å². The van der Waals surface area contributed by atoms with Crippen molar-refractivity contribution in [3.8, 4) is 0 Å². The Kier molecular flexibility index (Phi) is 3.70. The molecule has 0 unspecified atom stereocenters. The van der Waals surface area contributed by atoms with E-state index in [-0.39, 0.29) is 25.7 Å². The number of hydrogen-bond donors (Lipinski definition) is 0. The van der Waals surface area contributed by atoms with E-state index in [9.17, 15) is 17.2 Å². The van der Waals surface area contributed by atoms with Gasteiger partial charge in [-0.05, 0) is 12.8 Å². The summed E-state index contributed by atoms with van der Waals surface area (Å²) in [6.07, 6.45) is -0.512. The monoisotopic (exact) mass is 269 g/mol. The van der Waals surface area contributed by atoms with Crippen LogP contribution in [0.4, 0.5) is 8.78 Å². The number of halogens is 2. The molecule has 0 aromatic rings. The van der Waals surface area contributed by atoms with Gasteiger partial charge in [-0.1, -0.05) is 0 Å². The Hall–Kier alpha value is -0.270. The van der Waals surface area contributed by atoms with Gasteiger partial charge in [-0.3, -0.25) is 0 Å². The summed E-state index contributed by atoms with van der Waals surface area (Å²) >= 11 is 0. The van der Waals surface area contributed by atoms with Gasteiger partial charge in [0.1, 0.15) is 0 Å². The van der Waals surface area contributed by atoms with Gasteiger partial charge in [0.15, 0.2) is 0 Å². The lowest BCUT2D eigenvalue weighted by atomic mass is 9.96. The Bertz CT molecular complexity index is 356. The van der Waals surface area contributed by atoms with E-state index >= 15 is 0 Å². The van der Waals surface area contributed by atoms with Crippen LogP contribution >= 0.6 is 0 Å². The van der Waals surface area contributed by atoms with Crippen molar-refractivity contribution in [2.75, 3.05) is 26.3 Å². The second-order valence-electron chi connectivity index (χ2n) is 4.61. The Morgan fingerprint density at radius 3 is 2.18 bits per heavy atom. The molecule has 7 heteroatoms. The molecule has 2 aliphatic rings. The molecule has 1 saturated carbocycles. The first-order valence-electron chi connectivity index (χ1n) is 5.86. The van der Waals surface area contributed by atoms with Crippen LogP contribution in [0.3, 0.4) is 0 Å². The number of nitrogens with zero attached hydrogens (tertiary/aromatic N) is 1. The van der Waals surface area contributed by atoms with Crippen molar-refractivity contribution in [1.29, 1.82) is 0 Å². The van der Waals surface area contributed by atoms with E-state index in [1.807, 2.05) is 0 Å². The second kappa shape index (κ2) is 4.78. The standard InChI is InChI=1S/C10H17F2NO3S/c11-10(12)3-1-9(2-4-10)17(14,15)13-5-7-16-8-6-13/h9H,1-8H2. The molecule has 0 atom stereocenters. The van der Waals surface area contributed by atoms with Crippen LogP contribution in [0.25, 0.3) is 0 Å². The number of rotatable bonds is 2. The van der Waals surface area contributed by atoms with Crippen LogP contribution in [0.15, 0.2) is 0 Å². The number of alkyl halides is 2. The van der Waals surface area contributed by atoms with E-state index in [0.29, 0.717) is 26.3 Å². The number of sulfonamides is 1. The van der Waals surface area contributed by atoms with Crippen LogP contribution in [0.5, 0.6) is 0 Å². The largest absolute Gasteiger partial charge is 0.379 e. The van der Waals surface area contributed by atoms with E-state index in [1.54, 1.807) is 0 Å². The predicted molar refractivity (Wildman–Crippen MR) is 58.5 cm³/mol. The maximum atomic E-state index is 13.0. The Morgan fingerprint density at radius 2 is 1.65 bits per heavy atom. The average Bonchev–Trinajstić information content (AvgIpc) is 2.29. The highest BCUT2D eigenvalue weighted by Gasteiger charge is 2.42. The molecule has 2 rings (SSSR count). The van der Waals surface area contributed by atoms with Gasteiger partial charge in [0.25, 0.3) is 0 Å². The normalized spacial score (nSPS) is 28.1. The van der Waals surface area contributed by atoms with Gasteiger partial charge in [-0.15, -0.1) is 0 Å². The lowest BCUT2D eigenvalue weighted by molar-refractivity contribution is -0.0333. The van der Waals surface area contributed by atoms with Crippen LogP contribution in [-0.4, -0.2) is 50.2 Å². The van der Waals surface area contributed by atoms with Gasteiger partial charge in [0.2, 0.25) is 15.9 Å². The van der Waals surface area contributed by atoms with Crippen molar-refractivity contribution in [2.45, 2.75) is 36.9 Å². The van der Waals surface area contributed by atoms with Gasteiger partial charge in [0, 0.05) is 25.9 Å². The zero-order chi connectivity index (χ0) is 12.5. The summed E-state index contributed by atoms with van der Waals surface area (Å²) in [5.41, 5.74) is 0. The van der Waals surface area contributed by atoms with Crippen LogP contribution in [0.2, 0.25) is 0 Å². The Labute approximate surface area is 100.0 Å².